The summed E-state index contributed by atoms with van der Waals surface area (Å²) in [5.74, 6) is 0.982. The molecular formula is C16H17NO2. The highest BCUT2D eigenvalue weighted by atomic mass is 16.5. The summed E-state index contributed by atoms with van der Waals surface area (Å²) in [6.07, 6.45) is 0. The molecular weight excluding hydrogens is 238 g/mol. The van der Waals surface area contributed by atoms with Crippen LogP contribution in [0, 0.1) is 0 Å². The number of benzene rings is 2. The molecule has 0 bridgehead atoms. The van der Waals surface area contributed by atoms with E-state index in [9.17, 15) is 0 Å². The summed E-state index contributed by atoms with van der Waals surface area (Å²) in [4.78, 5) is 0. The van der Waals surface area contributed by atoms with Crippen molar-refractivity contribution >= 4 is 0 Å². The minimum Gasteiger partial charge on any atom is -0.491 e. The molecule has 0 radical (unpaired) electrons. The Hall–Kier alpha value is -1.84. The smallest absolute Gasteiger partial charge is 0.124 e. The molecule has 19 heavy (non-hydrogen) atoms. The molecule has 1 atom stereocenters. The van der Waals surface area contributed by atoms with Crippen molar-refractivity contribution in [3.63, 3.8) is 0 Å². The molecule has 0 aliphatic carbocycles. The van der Waals surface area contributed by atoms with Gasteiger partial charge in [-0.3, -0.25) is 0 Å². The van der Waals surface area contributed by atoms with Crippen molar-refractivity contribution in [2.24, 2.45) is 0 Å². The van der Waals surface area contributed by atoms with Crippen LogP contribution < -0.4 is 10.1 Å². The van der Waals surface area contributed by atoms with Gasteiger partial charge >= 0.3 is 0 Å². The van der Waals surface area contributed by atoms with Crippen LogP contribution in [0.2, 0.25) is 0 Å². The van der Waals surface area contributed by atoms with E-state index in [1.165, 1.54) is 11.1 Å². The molecule has 0 spiro atoms. The van der Waals surface area contributed by atoms with E-state index in [0.717, 1.165) is 17.9 Å². The highest BCUT2D eigenvalue weighted by Gasteiger charge is 2.22. The van der Waals surface area contributed by atoms with Gasteiger partial charge in [0.1, 0.15) is 12.4 Å². The third kappa shape index (κ3) is 2.62. The van der Waals surface area contributed by atoms with Gasteiger partial charge in [0.05, 0.1) is 12.6 Å². The van der Waals surface area contributed by atoms with E-state index in [-0.39, 0.29) is 12.6 Å². The number of para-hydroxylation sites is 1. The van der Waals surface area contributed by atoms with Gasteiger partial charge in [-0.05, 0) is 17.2 Å². The normalized spacial score (nSPS) is 17.0. The maximum absolute atomic E-state index is 9.01. The first-order chi connectivity index (χ1) is 9.36. The minimum atomic E-state index is 0.0948. The molecule has 3 nitrogen and oxygen atoms in total. The van der Waals surface area contributed by atoms with Gasteiger partial charge in [0.2, 0.25) is 0 Å². The molecule has 2 aromatic carbocycles. The second kappa shape index (κ2) is 5.43. The molecule has 1 heterocycles. The molecule has 3 rings (SSSR count). The predicted molar refractivity (Wildman–Crippen MR) is 73.9 cm³/mol. The Morgan fingerprint density at radius 1 is 1.05 bits per heavy atom. The van der Waals surface area contributed by atoms with Crippen molar-refractivity contribution in [1.82, 2.24) is 5.32 Å². The lowest BCUT2D eigenvalue weighted by Crippen LogP contribution is -2.21. The maximum atomic E-state index is 9.01. The van der Waals surface area contributed by atoms with Gasteiger partial charge in [0, 0.05) is 12.1 Å². The molecule has 0 fully saturated rings. The molecule has 1 unspecified atom stereocenters. The Morgan fingerprint density at radius 3 is 2.58 bits per heavy atom. The summed E-state index contributed by atoms with van der Waals surface area (Å²) >= 11 is 0. The molecule has 0 amide bonds. The Bertz CT molecular complexity index is 551. The minimum absolute atomic E-state index is 0.0948. The van der Waals surface area contributed by atoms with E-state index in [1.807, 2.05) is 42.5 Å². The largest absolute Gasteiger partial charge is 0.491 e. The molecule has 0 saturated carbocycles. The number of aliphatic hydroxyl groups is 1. The summed E-state index contributed by atoms with van der Waals surface area (Å²) in [5, 5.41) is 12.5. The second-order valence-corrected chi connectivity index (χ2v) is 4.76. The van der Waals surface area contributed by atoms with Gasteiger partial charge in [-0.15, -0.1) is 0 Å². The lowest BCUT2D eigenvalue weighted by Gasteiger charge is -2.11. The fraction of sp³-hybridized carbons (Fsp3) is 0.250. The average Bonchev–Trinajstić information content (AvgIpc) is 2.89. The van der Waals surface area contributed by atoms with Crippen molar-refractivity contribution in [3.05, 3.63) is 65.2 Å². The van der Waals surface area contributed by atoms with Crippen molar-refractivity contribution in [2.45, 2.75) is 19.2 Å². The topological polar surface area (TPSA) is 41.5 Å². The van der Waals surface area contributed by atoms with Crippen LogP contribution in [-0.4, -0.2) is 11.7 Å². The van der Waals surface area contributed by atoms with Crippen LogP contribution in [0.15, 0.2) is 48.5 Å². The summed E-state index contributed by atoms with van der Waals surface area (Å²) in [7, 11) is 0. The maximum Gasteiger partial charge on any atom is 0.124 e. The van der Waals surface area contributed by atoms with Crippen molar-refractivity contribution in [3.8, 4) is 5.75 Å². The quantitative estimate of drug-likeness (QED) is 0.881. The first kappa shape index (κ1) is 12.2. The number of fused-ring (bicyclic) bond motifs is 1. The molecule has 1 aliphatic rings. The van der Waals surface area contributed by atoms with E-state index in [2.05, 4.69) is 11.4 Å². The van der Waals surface area contributed by atoms with Gasteiger partial charge in [-0.25, -0.2) is 0 Å². The Morgan fingerprint density at radius 2 is 1.79 bits per heavy atom. The standard InChI is InChI=1S/C16H17NO2/c18-10-13-7-5-12(6-8-13)9-17-15-11-19-16-4-2-1-3-14(15)16/h1-8,15,17-18H,9-11H2. The first-order valence-electron chi connectivity index (χ1n) is 6.50. The molecule has 2 N–H and O–H groups in total. The zero-order valence-electron chi connectivity index (χ0n) is 10.7. The van der Waals surface area contributed by atoms with E-state index < -0.39 is 0 Å². The molecule has 2 aromatic rings. The van der Waals surface area contributed by atoms with Crippen molar-refractivity contribution in [1.29, 1.82) is 0 Å². The number of hydrogen-bond donors (Lipinski definition) is 2. The van der Waals surface area contributed by atoms with Gasteiger partial charge in [0.15, 0.2) is 0 Å². The highest BCUT2D eigenvalue weighted by molar-refractivity contribution is 5.39. The second-order valence-electron chi connectivity index (χ2n) is 4.76. The van der Waals surface area contributed by atoms with Crippen LogP contribution in [0.4, 0.5) is 0 Å². The fourth-order valence-corrected chi connectivity index (χ4v) is 2.34. The number of nitrogens with one attached hydrogen (secondary N) is 1. The number of aliphatic hydroxyl groups excluding tert-OH is 1. The predicted octanol–water partition coefficient (Wildman–Crippen LogP) is 2.40. The van der Waals surface area contributed by atoms with Gasteiger partial charge in [0.25, 0.3) is 0 Å². The number of ether oxygens (including phenoxy) is 1. The van der Waals surface area contributed by atoms with Crippen molar-refractivity contribution < 1.29 is 9.84 Å². The molecule has 1 aliphatic heterocycles. The summed E-state index contributed by atoms with van der Waals surface area (Å²) in [6, 6.07) is 16.4. The highest BCUT2D eigenvalue weighted by Crippen LogP contribution is 2.31. The van der Waals surface area contributed by atoms with E-state index in [1.54, 1.807) is 0 Å². The number of rotatable bonds is 4. The average molecular weight is 255 g/mol. The molecule has 3 heteroatoms. The lowest BCUT2D eigenvalue weighted by atomic mass is 10.1. The van der Waals surface area contributed by atoms with Gasteiger partial charge in [-0.1, -0.05) is 42.5 Å². The zero-order valence-corrected chi connectivity index (χ0v) is 10.7. The van der Waals surface area contributed by atoms with Crippen LogP contribution >= 0.6 is 0 Å². The summed E-state index contributed by atoms with van der Waals surface area (Å²) < 4.78 is 5.64. The van der Waals surface area contributed by atoms with Gasteiger partial charge in [-0.2, -0.15) is 0 Å². The summed E-state index contributed by atoms with van der Waals surface area (Å²) in [6.45, 7) is 1.58. The Balaban J connectivity index is 1.64. The Kier molecular flexibility index (Phi) is 3.49. The third-order valence-electron chi connectivity index (χ3n) is 3.46. The fourth-order valence-electron chi connectivity index (χ4n) is 2.34. The van der Waals surface area contributed by atoms with Crippen LogP contribution in [0.25, 0.3) is 0 Å². The first-order valence-corrected chi connectivity index (χ1v) is 6.50. The zero-order chi connectivity index (χ0) is 13.1. The van der Waals surface area contributed by atoms with Crippen molar-refractivity contribution in [2.75, 3.05) is 6.61 Å². The van der Waals surface area contributed by atoms with E-state index in [0.29, 0.717) is 6.61 Å². The molecule has 0 aromatic heterocycles. The molecule has 0 saturated heterocycles. The van der Waals surface area contributed by atoms with Crippen LogP contribution in [-0.2, 0) is 13.2 Å². The lowest BCUT2D eigenvalue weighted by molar-refractivity contribution is 0.282. The van der Waals surface area contributed by atoms with Crippen LogP contribution in [0.1, 0.15) is 22.7 Å². The third-order valence-corrected chi connectivity index (χ3v) is 3.46. The SMILES string of the molecule is OCc1ccc(CNC2COc3ccccc32)cc1. The number of hydrogen-bond acceptors (Lipinski definition) is 3. The Labute approximate surface area is 112 Å². The van der Waals surface area contributed by atoms with E-state index in [4.69, 9.17) is 9.84 Å². The van der Waals surface area contributed by atoms with Gasteiger partial charge < -0.3 is 15.2 Å². The molecule has 98 valence electrons. The van der Waals surface area contributed by atoms with Crippen LogP contribution in [0.5, 0.6) is 5.75 Å². The van der Waals surface area contributed by atoms with Crippen LogP contribution in [0.3, 0.4) is 0 Å². The summed E-state index contributed by atoms with van der Waals surface area (Å²) in [5.41, 5.74) is 3.38. The van der Waals surface area contributed by atoms with E-state index >= 15 is 0 Å². The monoisotopic (exact) mass is 255 g/mol.